The lowest BCUT2D eigenvalue weighted by molar-refractivity contribution is 1.07. The molecule has 1 aliphatic rings. The van der Waals surface area contributed by atoms with Crippen LogP contribution >= 0.6 is 11.3 Å². The summed E-state index contributed by atoms with van der Waals surface area (Å²) in [5.41, 5.74) is 10.1. The number of rotatable bonds is 4. The number of para-hydroxylation sites is 1. The Labute approximate surface area is 281 Å². The minimum Gasteiger partial charge on any atom is -0.308 e. The Balaban J connectivity index is 1.31. The van der Waals surface area contributed by atoms with Crippen molar-refractivity contribution in [3.8, 4) is 50.4 Å². The second-order valence-electron chi connectivity index (χ2n) is 11.6. The Bertz CT molecular complexity index is 2520. The third-order valence-electron chi connectivity index (χ3n) is 8.89. The van der Waals surface area contributed by atoms with Gasteiger partial charge in [-0.05, 0) is 24.3 Å². The molecule has 0 aliphatic heterocycles. The van der Waals surface area contributed by atoms with E-state index >= 15 is 0 Å². The molecule has 3 heterocycles. The predicted octanol–water partition coefficient (Wildman–Crippen LogP) is 9.55. The SMILES string of the molecule is C/N=C1\C(=N/C)c2c(n(-c3cccc(-c4nc(-c5ccccc5)nc(-c5ccccc5)n4)c3)c3ccccc23)-c2sc3ccccc3c21. The van der Waals surface area contributed by atoms with Gasteiger partial charge in [0.05, 0.1) is 27.5 Å². The molecule has 0 amide bonds. The van der Waals surface area contributed by atoms with E-state index in [1.165, 1.54) is 15.0 Å². The second-order valence-corrected chi connectivity index (χ2v) is 12.7. The molecule has 0 saturated heterocycles. The van der Waals surface area contributed by atoms with Crippen LogP contribution in [-0.2, 0) is 0 Å². The van der Waals surface area contributed by atoms with Crippen LogP contribution in [0.3, 0.4) is 0 Å². The van der Waals surface area contributed by atoms with Crippen LogP contribution in [0.1, 0.15) is 11.1 Å². The quantitative estimate of drug-likeness (QED) is 0.193. The largest absolute Gasteiger partial charge is 0.308 e. The lowest BCUT2D eigenvalue weighted by atomic mass is 9.88. The molecule has 5 aromatic carbocycles. The Kier molecular flexibility index (Phi) is 6.66. The third-order valence-corrected chi connectivity index (χ3v) is 10.1. The Morgan fingerprint density at radius 1 is 0.521 bits per heavy atom. The summed E-state index contributed by atoms with van der Waals surface area (Å²) >= 11 is 1.81. The lowest BCUT2D eigenvalue weighted by Crippen LogP contribution is -2.22. The minimum absolute atomic E-state index is 0.619. The van der Waals surface area contributed by atoms with Crippen molar-refractivity contribution in [3.63, 3.8) is 0 Å². The van der Waals surface area contributed by atoms with Gasteiger partial charge in [-0.3, -0.25) is 9.98 Å². The summed E-state index contributed by atoms with van der Waals surface area (Å²) in [7, 11) is 3.73. The number of hydrogen-bond acceptors (Lipinski definition) is 6. The summed E-state index contributed by atoms with van der Waals surface area (Å²) in [6.45, 7) is 0. The second kappa shape index (κ2) is 11.3. The molecular formula is C41H28N6S. The monoisotopic (exact) mass is 636 g/mol. The van der Waals surface area contributed by atoms with E-state index in [2.05, 4.69) is 77.4 Å². The van der Waals surface area contributed by atoms with E-state index in [-0.39, 0.29) is 0 Å². The zero-order chi connectivity index (χ0) is 32.2. The molecule has 0 bridgehead atoms. The molecule has 0 atom stereocenters. The van der Waals surface area contributed by atoms with Crippen LogP contribution in [0.25, 0.3) is 71.4 Å². The van der Waals surface area contributed by atoms with E-state index in [4.69, 9.17) is 24.9 Å². The highest BCUT2D eigenvalue weighted by molar-refractivity contribution is 7.23. The Morgan fingerprint density at radius 3 is 1.73 bits per heavy atom. The fourth-order valence-electron chi connectivity index (χ4n) is 6.80. The van der Waals surface area contributed by atoms with E-state index in [1.807, 2.05) is 86.1 Å². The first-order valence-corrected chi connectivity index (χ1v) is 16.6. The summed E-state index contributed by atoms with van der Waals surface area (Å²) in [6, 6.07) is 45.8. The van der Waals surface area contributed by atoms with Crippen LogP contribution < -0.4 is 0 Å². The van der Waals surface area contributed by atoms with Crippen molar-refractivity contribution in [2.75, 3.05) is 14.1 Å². The third kappa shape index (κ3) is 4.36. The average Bonchev–Trinajstić information content (AvgIpc) is 3.71. The van der Waals surface area contributed by atoms with Crippen LogP contribution in [0.2, 0.25) is 0 Å². The predicted molar refractivity (Wildman–Crippen MR) is 199 cm³/mol. The number of aliphatic imine (C=N–C) groups is 2. The van der Waals surface area contributed by atoms with Crippen molar-refractivity contribution < 1.29 is 0 Å². The van der Waals surface area contributed by atoms with Crippen molar-refractivity contribution in [3.05, 3.63) is 145 Å². The van der Waals surface area contributed by atoms with E-state index in [0.717, 1.165) is 61.5 Å². The molecule has 6 nitrogen and oxygen atoms in total. The minimum atomic E-state index is 0.619. The van der Waals surface area contributed by atoms with Gasteiger partial charge in [0.25, 0.3) is 0 Å². The van der Waals surface area contributed by atoms with Crippen LogP contribution in [0.5, 0.6) is 0 Å². The van der Waals surface area contributed by atoms with Crippen LogP contribution in [0.4, 0.5) is 0 Å². The van der Waals surface area contributed by atoms with Gasteiger partial charge in [0.2, 0.25) is 0 Å². The van der Waals surface area contributed by atoms with Gasteiger partial charge in [0.1, 0.15) is 0 Å². The number of nitrogens with zero attached hydrogens (tertiary/aromatic N) is 6. The summed E-state index contributed by atoms with van der Waals surface area (Å²) in [6.07, 6.45) is 0. The first kappa shape index (κ1) is 28.2. The van der Waals surface area contributed by atoms with E-state index in [0.29, 0.717) is 17.5 Å². The van der Waals surface area contributed by atoms with E-state index < -0.39 is 0 Å². The van der Waals surface area contributed by atoms with Gasteiger partial charge >= 0.3 is 0 Å². The van der Waals surface area contributed by atoms with Crippen LogP contribution in [-0.4, -0.2) is 45.0 Å². The zero-order valence-corrected chi connectivity index (χ0v) is 27.1. The van der Waals surface area contributed by atoms with Gasteiger partial charge in [-0.2, -0.15) is 0 Å². The summed E-state index contributed by atoms with van der Waals surface area (Å²) in [5.74, 6) is 1.89. The van der Waals surface area contributed by atoms with Crippen molar-refractivity contribution in [1.82, 2.24) is 19.5 Å². The number of thiophene rings is 1. The highest BCUT2D eigenvalue weighted by Gasteiger charge is 2.35. The molecule has 0 radical (unpaired) electrons. The standard InChI is InChI=1S/C41H28N6S/c1-42-35-33-29-20-9-11-22-31(29)47(37(33)38-34(36(35)43-2)30-21-10-12-23-32(30)48-38)28-19-13-18-27(24-28)41-45-39(25-14-5-3-6-15-25)44-40(46-41)26-16-7-4-8-17-26/h3-24H,1-2H3/b42-35-,43-36-. The fourth-order valence-corrected chi connectivity index (χ4v) is 8.05. The number of aromatic nitrogens is 4. The fraction of sp³-hybridized carbons (Fsp3) is 0.0488. The summed E-state index contributed by atoms with van der Waals surface area (Å²) in [4.78, 5) is 25.8. The molecule has 0 unspecified atom stereocenters. The number of fused-ring (bicyclic) bond motifs is 7. The number of hydrogen-bond donors (Lipinski definition) is 0. The summed E-state index contributed by atoms with van der Waals surface area (Å²) < 4.78 is 3.60. The number of benzene rings is 5. The Morgan fingerprint density at radius 2 is 1.06 bits per heavy atom. The molecule has 0 spiro atoms. The van der Waals surface area contributed by atoms with Gasteiger partial charge in [0, 0.05) is 63.1 Å². The van der Waals surface area contributed by atoms with Crippen molar-refractivity contribution >= 4 is 43.7 Å². The molecule has 0 fully saturated rings. The van der Waals surface area contributed by atoms with Gasteiger partial charge < -0.3 is 4.57 Å². The maximum absolute atomic E-state index is 5.02. The van der Waals surface area contributed by atoms with E-state index in [9.17, 15) is 0 Å². The average molecular weight is 637 g/mol. The summed E-state index contributed by atoms with van der Waals surface area (Å²) in [5, 5.41) is 2.34. The molecule has 3 aromatic heterocycles. The highest BCUT2D eigenvalue weighted by atomic mass is 32.1. The molecule has 1 aliphatic carbocycles. The van der Waals surface area contributed by atoms with Crippen LogP contribution in [0, 0.1) is 0 Å². The normalized spacial score (nSPS) is 14.1. The van der Waals surface area contributed by atoms with Crippen molar-refractivity contribution in [2.24, 2.45) is 9.98 Å². The first-order valence-electron chi connectivity index (χ1n) is 15.8. The van der Waals surface area contributed by atoms with Gasteiger partial charge in [0.15, 0.2) is 17.5 Å². The van der Waals surface area contributed by atoms with Gasteiger partial charge in [-0.1, -0.05) is 109 Å². The molecule has 48 heavy (non-hydrogen) atoms. The smallest absolute Gasteiger partial charge is 0.164 e. The maximum atomic E-state index is 5.02. The molecular weight excluding hydrogens is 609 g/mol. The highest BCUT2D eigenvalue weighted by Crippen LogP contribution is 2.48. The molecule has 7 heteroatoms. The van der Waals surface area contributed by atoms with Crippen molar-refractivity contribution in [2.45, 2.75) is 0 Å². The molecule has 0 N–H and O–H groups in total. The van der Waals surface area contributed by atoms with Gasteiger partial charge in [-0.25, -0.2) is 15.0 Å². The first-order chi connectivity index (χ1) is 23.7. The maximum Gasteiger partial charge on any atom is 0.164 e. The van der Waals surface area contributed by atoms with E-state index in [1.54, 1.807) is 0 Å². The van der Waals surface area contributed by atoms with Crippen molar-refractivity contribution in [1.29, 1.82) is 0 Å². The zero-order valence-electron chi connectivity index (χ0n) is 26.3. The Hall–Kier alpha value is -6.05. The molecule has 0 saturated carbocycles. The van der Waals surface area contributed by atoms with Crippen LogP contribution in [0.15, 0.2) is 143 Å². The van der Waals surface area contributed by atoms with Gasteiger partial charge in [-0.15, -0.1) is 11.3 Å². The topological polar surface area (TPSA) is 68.3 Å². The molecule has 9 rings (SSSR count). The lowest BCUT2D eigenvalue weighted by Gasteiger charge is -2.20. The molecule has 8 aromatic rings. The molecule has 228 valence electrons.